The van der Waals surface area contributed by atoms with Crippen molar-refractivity contribution in [3.05, 3.63) is 35.4 Å². The fraction of sp³-hybridized carbons (Fsp3) is 0.200. The summed E-state index contributed by atoms with van der Waals surface area (Å²) in [4.78, 5) is 21.7. The lowest BCUT2D eigenvalue weighted by Crippen LogP contribution is -1.96. The fourth-order valence-electron chi connectivity index (χ4n) is 0.929. The summed E-state index contributed by atoms with van der Waals surface area (Å²) in [5.74, 6) is 0. The molecule has 3 heteroatoms. The summed E-state index contributed by atoms with van der Waals surface area (Å²) in [6.07, 6.45) is 1.41. The van der Waals surface area contributed by atoms with Gasteiger partial charge in [0.1, 0.15) is 7.63 Å². The maximum Gasteiger partial charge on any atom is 0.193 e. The van der Waals surface area contributed by atoms with E-state index in [1.54, 1.807) is 30.5 Å². The van der Waals surface area contributed by atoms with Gasteiger partial charge >= 0.3 is 0 Å². The summed E-state index contributed by atoms with van der Waals surface area (Å²) in [6, 6.07) is 6.54. The van der Waals surface area contributed by atoms with Gasteiger partial charge in [-0.15, -0.1) is 0 Å². The van der Waals surface area contributed by atoms with Gasteiger partial charge in [0.15, 0.2) is 5.12 Å². The predicted octanol–water partition coefficient (Wildman–Crippen LogP) is 1.93. The monoisotopic (exact) mass is 195 g/mol. The fourth-order valence-corrected chi connectivity index (χ4v) is 1.24. The summed E-state index contributed by atoms with van der Waals surface area (Å²) < 4.78 is 6.86. The second-order valence-electron chi connectivity index (χ2n) is 2.55. The Morgan fingerprint density at radius 2 is 2.15 bits per heavy atom. The zero-order chi connectivity index (χ0) is 10.6. The summed E-state index contributed by atoms with van der Waals surface area (Å²) >= 11 is 1.19. The highest BCUT2D eigenvalue weighted by molar-refractivity contribution is 8.13. The molecule has 0 radical (unpaired) electrons. The standard InChI is InChI=1S/C10H10O2S/c1-13-10(12)6-8-2-4-9(7-11)5-3-8/h2-5,7H,6H2,1H3/i7D. The molecule has 0 aromatic heterocycles. The van der Waals surface area contributed by atoms with Crippen molar-refractivity contribution in [3.63, 3.8) is 0 Å². The van der Waals surface area contributed by atoms with Gasteiger partial charge in [0.2, 0.25) is 0 Å². The number of hydrogen-bond donors (Lipinski definition) is 0. The molecule has 0 saturated heterocycles. The first-order valence-corrected chi connectivity index (χ1v) is 5.02. The topological polar surface area (TPSA) is 34.1 Å². The van der Waals surface area contributed by atoms with E-state index in [4.69, 9.17) is 1.37 Å². The largest absolute Gasteiger partial charge is 0.298 e. The number of hydrogen-bond acceptors (Lipinski definition) is 3. The average molecular weight is 195 g/mol. The van der Waals surface area contributed by atoms with E-state index in [2.05, 4.69) is 0 Å². The minimum Gasteiger partial charge on any atom is -0.298 e. The van der Waals surface area contributed by atoms with Gasteiger partial charge < -0.3 is 0 Å². The third-order valence-corrected chi connectivity index (χ3v) is 2.25. The molecule has 0 spiro atoms. The molecule has 1 rings (SSSR count). The summed E-state index contributed by atoms with van der Waals surface area (Å²) in [5.41, 5.74) is 1.22. The van der Waals surface area contributed by atoms with Crippen LogP contribution in [-0.4, -0.2) is 17.6 Å². The van der Waals surface area contributed by atoms with Crippen LogP contribution >= 0.6 is 11.8 Å². The second-order valence-corrected chi connectivity index (χ2v) is 3.42. The van der Waals surface area contributed by atoms with Crippen molar-refractivity contribution in [2.24, 2.45) is 0 Å². The summed E-state index contributed by atoms with van der Waals surface area (Å²) in [6.45, 7) is 0. The molecule has 1 aromatic carbocycles. The normalized spacial score (nSPS) is 10.7. The van der Waals surface area contributed by atoms with E-state index in [1.165, 1.54) is 11.8 Å². The third kappa shape index (κ3) is 3.03. The summed E-state index contributed by atoms with van der Waals surface area (Å²) in [7, 11) is 0. The molecule has 0 saturated carbocycles. The van der Waals surface area contributed by atoms with Gasteiger partial charge in [0.05, 0.1) is 0 Å². The molecule has 0 atom stereocenters. The number of carbonyl (C=O) groups excluding carboxylic acids is 2. The summed E-state index contributed by atoms with van der Waals surface area (Å²) in [5, 5.41) is 0.0925. The van der Waals surface area contributed by atoms with E-state index < -0.39 is 6.26 Å². The van der Waals surface area contributed by atoms with E-state index in [0.717, 1.165) is 5.56 Å². The molecule has 68 valence electrons. The predicted molar refractivity (Wildman–Crippen MR) is 54.1 cm³/mol. The van der Waals surface area contributed by atoms with Crippen LogP contribution in [0.15, 0.2) is 24.3 Å². The number of carbonyl (C=O) groups is 2. The van der Waals surface area contributed by atoms with Crippen LogP contribution in [0.3, 0.4) is 0 Å². The SMILES string of the molecule is [2H]C(=O)c1ccc(CC(=O)SC)cc1. The molecule has 0 bridgehead atoms. The molecule has 0 aliphatic carbocycles. The van der Waals surface area contributed by atoms with Crippen LogP contribution in [0.5, 0.6) is 0 Å². The van der Waals surface area contributed by atoms with Crippen molar-refractivity contribution in [3.8, 4) is 0 Å². The molecule has 2 nitrogen and oxygen atoms in total. The highest BCUT2D eigenvalue weighted by Crippen LogP contribution is 2.07. The molecular formula is C10H10O2S. The van der Waals surface area contributed by atoms with Gasteiger partial charge in [0, 0.05) is 12.0 Å². The van der Waals surface area contributed by atoms with Crippen molar-refractivity contribution in [2.45, 2.75) is 6.42 Å². The lowest BCUT2D eigenvalue weighted by atomic mass is 10.1. The lowest BCUT2D eigenvalue weighted by molar-refractivity contribution is -0.110. The molecule has 0 heterocycles. The van der Waals surface area contributed by atoms with Crippen molar-refractivity contribution in [1.29, 1.82) is 0 Å². The van der Waals surface area contributed by atoms with Gasteiger partial charge in [0.25, 0.3) is 0 Å². The van der Waals surface area contributed by atoms with Crippen molar-refractivity contribution < 1.29 is 11.0 Å². The quantitative estimate of drug-likeness (QED) is 0.691. The van der Waals surface area contributed by atoms with Crippen LogP contribution < -0.4 is 0 Å². The van der Waals surface area contributed by atoms with Crippen LogP contribution in [0.4, 0.5) is 0 Å². The van der Waals surface area contributed by atoms with Crippen LogP contribution in [0.1, 0.15) is 17.3 Å². The Balaban J connectivity index is 2.73. The Morgan fingerprint density at radius 3 is 2.62 bits per heavy atom. The molecule has 1 aromatic rings. The Kier molecular flexibility index (Phi) is 3.15. The Bertz CT molecular complexity index is 346. The van der Waals surface area contributed by atoms with E-state index >= 15 is 0 Å². The highest BCUT2D eigenvalue weighted by atomic mass is 32.2. The van der Waals surface area contributed by atoms with Crippen LogP contribution in [0.2, 0.25) is 0 Å². The zero-order valence-electron chi connectivity index (χ0n) is 8.24. The van der Waals surface area contributed by atoms with Crippen molar-refractivity contribution >= 4 is 23.1 Å². The van der Waals surface area contributed by atoms with Gasteiger partial charge in [-0.05, 0) is 11.8 Å². The Morgan fingerprint density at radius 1 is 1.54 bits per heavy atom. The maximum atomic E-state index is 11.1. The van der Waals surface area contributed by atoms with Gasteiger partial charge in [-0.3, -0.25) is 9.59 Å². The molecule has 0 fully saturated rings. The van der Waals surface area contributed by atoms with Crippen molar-refractivity contribution in [2.75, 3.05) is 6.26 Å². The molecular weight excluding hydrogens is 184 g/mol. The smallest absolute Gasteiger partial charge is 0.193 e. The molecule has 0 aliphatic rings. The van der Waals surface area contributed by atoms with E-state index in [-0.39, 0.29) is 5.12 Å². The minimum atomic E-state index is -0.701. The van der Waals surface area contributed by atoms with Gasteiger partial charge in [-0.2, -0.15) is 0 Å². The van der Waals surface area contributed by atoms with Crippen molar-refractivity contribution in [1.82, 2.24) is 0 Å². The first-order chi connectivity index (χ1) is 6.63. The molecule has 0 aliphatic heterocycles. The lowest BCUT2D eigenvalue weighted by Gasteiger charge is -1.98. The van der Waals surface area contributed by atoms with E-state index in [0.29, 0.717) is 12.0 Å². The number of thioether (sulfide) groups is 1. The number of benzene rings is 1. The molecule has 0 N–H and O–H groups in total. The third-order valence-electron chi connectivity index (χ3n) is 1.65. The highest BCUT2D eigenvalue weighted by Gasteiger charge is 2.00. The number of rotatable bonds is 3. The number of aldehydes is 1. The first-order valence-electron chi connectivity index (χ1n) is 4.30. The van der Waals surface area contributed by atoms with Gasteiger partial charge in [-0.25, -0.2) is 0 Å². The average Bonchev–Trinajstić information content (AvgIpc) is 2.18. The first kappa shape index (κ1) is 8.51. The minimum absolute atomic E-state index is 0.0925. The Hall–Kier alpha value is -1.09. The van der Waals surface area contributed by atoms with Crippen LogP contribution in [0.25, 0.3) is 0 Å². The molecule has 0 unspecified atom stereocenters. The molecule has 0 amide bonds. The second kappa shape index (κ2) is 4.82. The van der Waals surface area contributed by atoms with E-state index in [1.807, 2.05) is 0 Å². The van der Waals surface area contributed by atoms with Crippen LogP contribution in [-0.2, 0) is 11.2 Å². The molecule has 13 heavy (non-hydrogen) atoms. The van der Waals surface area contributed by atoms with E-state index in [9.17, 15) is 9.59 Å². The zero-order valence-corrected chi connectivity index (χ0v) is 8.06. The maximum absolute atomic E-state index is 11.1. The van der Waals surface area contributed by atoms with Crippen LogP contribution in [0, 0.1) is 0 Å². The van der Waals surface area contributed by atoms with Gasteiger partial charge in [-0.1, -0.05) is 36.0 Å². The Labute approximate surface area is 82.7 Å².